The van der Waals surface area contributed by atoms with Gasteiger partial charge in [-0.05, 0) is 30.3 Å². The zero-order chi connectivity index (χ0) is 21.5. The summed E-state index contributed by atoms with van der Waals surface area (Å²) in [5.74, 6) is 1.14. The molecule has 0 bridgehead atoms. The van der Waals surface area contributed by atoms with Crippen LogP contribution in [-0.4, -0.2) is 58.8 Å². The van der Waals surface area contributed by atoms with Gasteiger partial charge in [0.15, 0.2) is 6.54 Å². The van der Waals surface area contributed by atoms with E-state index in [2.05, 4.69) is 21.6 Å². The quantitative estimate of drug-likeness (QED) is 0.631. The summed E-state index contributed by atoms with van der Waals surface area (Å²) in [5, 5.41) is 5.63. The standard InChI is InChI=1S/C22H28N4O4/c1-16(27)23-17-7-8-21(30-3)20(13-17)24-22(28)15-25-9-11-26(12-10-25)18-5-4-6-19(14-18)29-2/h4-8,13-14H,9-12,15H2,1-3H3,(H,23,27)(H,24,28)/p+1. The van der Waals surface area contributed by atoms with Crippen molar-refractivity contribution < 1.29 is 24.0 Å². The highest BCUT2D eigenvalue weighted by Crippen LogP contribution is 2.27. The van der Waals surface area contributed by atoms with E-state index >= 15 is 0 Å². The van der Waals surface area contributed by atoms with Crippen molar-refractivity contribution in [2.75, 3.05) is 62.5 Å². The minimum absolute atomic E-state index is 0.0851. The molecule has 0 radical (unpaired) electrons. The van der Waals surface area contributed by atoms with Gasteiger partial charge in [-0.25, -0.2) is 0 Å². The van der Waals surface area contributed by atoms with Gasteiger partial charge in [-0.15, -0.1) is 0 Å². The molecule has 0 aliphatic carbocycles. The average molecular weight is 413 g/mol. The topological polar surface area (TPSA) is 84.3 Å². The molecule has 3 rings (SSSR count). The summed E-state index contributed by atoms with van der Waals surface area (Å²) in [7, 11) is 3.22. The number of carbonyl (C=O) groups excluding carboxylic acids is 2. The molecule has 1 aliphatic rings. The first kappa shape index (κ1) is 21.4. The molecule has 1 saturated heterocycles. The number of amides is 2. The van der Waals surface area contributed by atoms with Crippen LogP contribution in [0.4, 0.5) is 17.1 Å². The third-order valence-electron chi connectivity index (χ3n) is 5.09. The lowest BCUT2D eigenvalue weighted by Gasteiger charge is -2.33. The first-order valence-electron chi connectivity index (χ1n) is 9.96. The van der Waals surface area contributed by atoms with Crippen molar-refractivity contribution >= 4 is 28.9 Å². The largest absolute Gasteiger partial charge is 0.497 e. The molecule has 0 spiro atoms. The van der Waals surface area contributed by atoms with Crippen molar-refractivity contribution in [1.29, 1.82) is 0 Å². The molecule has 30 heavy (non-hydrogen) atoms. The molecule has 8 heteroatoms. The fourth-order valence-electron chi connectivity index (χ4n) is 3.57. The number of quaternary nitrogens is 1. The van der Waals surface area contributed by atoms with Gasteiger partial charge in [0, 0.05) is 24.4 Å². The lowest BCUT2D eigenvalue weighted by molar-refractivity contribution is -0.892. The van der Waals surface area contributed by atoms with Gasteiger partial charge in [0.2, 0.25) is 5.91 Å². The molecule has 2 aromatic rings. The van der Waals surface area contributed by atoms with Crippen LogP contribution in [0.5, 0.6) is 11.5 Å². The van der Waals surface area contributed by atoms with Crippen molar-refractivity contribution in [3.63, 3.8) is 0 Å². The van der Waals surface area contributed by atoms with Crippen molar-refractivity contribution in [3.8, 4) is 11.5 Å². The van der Waals surface area contributed by atoms with Gasteiger partial charge in [0.1, 0.15) is 11.5 Å². The number of benzene rings is 2. The van der Waals surface area contributed by atoms with Crippen molar-refractivity contribution in [3.05, 3.63) is 42.5 Å². The molecule has 0 atom stereocenters. The second-order valence-electron chi connectivity index (χ2n) is 7.26. The highest BCUT2D eigenvalue weighted by molar-refractivity contribution is 5.95. The van der Waals surface area contributed by atoms with Gasteiger partial charge < -0.3 is 29.9 Å². The molecule has 1 heterocycles. The zero-order valence-corrected chi connectivity index (χ0v) is 17.7. The molecule has 0 unspecified atom stereocenters. The number of carbonyl (C=O) groups is 2. The summed E-state index contributed by atoms with van der Waals surface area (Å²) in [6.07, 6.45) is 0. The first-order valence-corrected chi connectivity index (χ1v) is 9.96. The van der Waals surface area contributed by atoms with Crippen molar-refractivity contribution in [1.82, 2.24) is 0 Å². The Morgan fingerprint density at radius 2 is 1.80 bits per heavy atom. The lowest BCUT2D eigenvalue weighted by Crippen LogP contribution is -3.15. The Labute approximate surface area is 176 Å². The molecule has 0 aromatic heterocycles. The van der Waals surface area contributed by atoms with E-state index in [1.165, 1.54) is 11.8 Å². The van der Waals surface area contributed by atoms with E-state index in [4.69, 9.17) is 9.47 Å². The summed E-state index contributed by atoms with van der Waals surface area (Å²) in [6, 6.07) is 13.2. The number of hydrogen-bond acceptors (Lipinski definition) is 5. The fraction of sp³-hybridized carbons (Fsp3) is 0.364. The van der Waals surface area contributed by atoms with Crippen LogP contribution in [0.1, 0.15) is 6.92 Å². The summed E-state index contributed by atoms with van der Waals surface area (Å²) in [5.41, 5.74) is 2.29. The number of methoxy groups -OCH3 is 2. The lowest BCUT2D eigenvalue weighted by atomic mass is 10.2. The Morgan fingerprint density at radius 3 is 2.47 bits per heavy atom. The molecule has 3 N–H and O–H groups in total. The monoisotopic (exact) mass is 413 g/mol. The predicted octanol–water partition coefficient (Wildman–Crippen LogP) is 1.01. The van der Waals surface area contributed by atoms with Crippen LogP contribution in [0.3, 0.4) is 0 Å². The molecule has 1 aliphatic heterocycles. The Morgan fingerprint density at radius 1 is 1.03 bits per heavy atom. The number of hydrogen-bond donors (Lipinski definition) is 3. The second kappa shape index (κ2) is 9.98. The van der Waals surface area contributed by atoms with Gasteiger partial charge in [0.05, 0.1) is 46.1 Å². The van der Waals surface area contributed by atoms with Gasteiger partial charge in [0.25, 0.3) is 5.91 Å². The van der Waals surface area contributed by atoms with Crippen LogP contribution in [0.15, 0.2) is 42.5 Å². The summed E-state index contributed by atoms with van der Waals surface area (Å²) >= 11 is 0. The van der Waals surface area contributed by atoms with Crippen molar-refractivity contribution in [2.45, 2.75) is 6.92 Å². The van der Waals surface area contributed by atoms with E-state index < -0.39 is 0 Å². The number of anilines is 3. The first-order chi connectivity index (χ1) is 14.5. The number of ether oxygens (including phenoxy) is 2. The van der Waals surface area contributed by atoms with E-state index in [1.54, 1.807) is 32.4 Å². The van der Waals surface area contributed by atoms with E-state index in [-0.39, 0.29) is 11.8 Å². The van der Waals surface area contributed by atoms with Gasteiger partial charge in [-0.2, -0.15) is 0 Å². The summed E-state index contributed by atoms with van der Waals surface area (Å²) < 4.78 is 10.6. The second-order valence-corrected chi connectivity index (χ2v) is 7.26. The maximum atomic E-state index is 12.6. The maximum absolute atomic E-state index is 12.6. The van der Waals surface area contributed by atoms with Crippen molar-refractivity contribution in [2.24, 2.45) is 0 Å². The third-order valence-corrected chi connectivity index (χ3v) is 5.09. The van der Waals surface area contributed by atoms with Crippen LogP contribution in [-0.2, 0) is 9.59 Å². The average Bonchev–Trinajstić information content (AvgIpc) is 2.74. The Bertz CT molecular complexity index is 894. The Balaban J connectivity index is 1.55. The molecule has 0 saturated carbocycles. The van der Waals surface area contributed by atoms with Crippen LogP contribution >= 0.6 is 0 Å². The molecule has 2 amide bonds. The van der Waals surface area contributed by atoms with Crippen LogP contribution in [0, 0.1) is 0 Å². The number of rotatable bonds is 7. The molecule has 8 nitrogen and oxygen atoms in total. The number of nitrogens with zero attached hydrogens (tertiary/aromatic N) is 1. The molecule has 2 aromatic carbocycles. The number of nitrogens with one attached hydrogen (secondary N) is 3. The van der Waals surface area contributed by atoms with Gasteiger partial charge in [-0.3, -0.25) is 9.59 Å². The van der Waals surface area contributed by atoms with Gasteiger partial charge >= 0.3 is 0 Å². The van der Waals surface area contributed by atoms with Crippen LogP contribution in [0.25, 0.3) is 0 Å². The Hall–Kier alpha value is -3.26. The zero-order valence-electron chi connectivity index (χ0n) is 17.7. The minimum Gasteiger partial charge on any atom is -0.497 e. The van der Waals surface area contributed by atoms with E-state index in [0.29, 0.717) is 23.7 Å². The van der Waals surface area contributed by atoms with Gasteiger partial charge in [-0.1, -0.05) is 6.07 Å². The number of piperazine rings is 1. The van der Waals surface area contributed by atoms with Crippen LogP contribution in [0.2, 0.25) is 0 Å². The minimum atomic E-state index is -0.171. The highest BCUT2D eigenvalue weighted by atomic mass is 16.5. The van der Waals surface area contributed by atoms with E-state index in [0.717, 1.165) is 37.6 Å². The Kier molecular flexibility index (Phi) is 7.13. The summed E-state index contributed by atoms with van der Waals surface area (Å²) in [6.45, 7) is 5.30. The SMILES string of the molecule is COc1cccc(N2CC[NH+](CC(=O)Nc3cc(NC(C)=O)ccc3OC)CC2)c1. The molecule has 160 valence electrons. The smallest absolute Gasteiger partial charge is 0.279 e. The summed E-state index contributed by atoms with van der Waals surface area (Å²) in [4.78, 5) is 27.4. The molecular weight excluding hydrogens is 384 g/mol. The predicted molar refractivity (Wildman–Crippen MR) is 117 cm³/mol. The molecular formula is C22H29N4O4+. The maximum Gasteiger partial charge on any atom is 0.279 e. The van der Waals surface area contributed by atoms with Crippen LogP contribution < -0.4 is 29.9 Å². The fourth-order valence-corrected chi connectivity index (χ4v) is 3.57. The van der Waals surface area contributed by atoms with E-state index in [1.807, 2.05) is 18.2 Å². The normalized spacial score (nSPS) is 14.2. The highest BCUT2D eigenvalue weighted by Gasteiger charge is 2.23. The molecule has 1 fully saturated rings. The van der Waals surface area contributed by atoms with E-state index in [9.17, 15) is 9.59 Å². The third kappa shape index (κ3) is 5.64.